The van der Waals surface area contributed by atoms with Crippen LogP contribution in [0, 0.1) is 6.92 Å². The molecule has 1 aromatic carbocycles. The Morgan fingerprint density at radius 2 is 1.94 bits per heavy atom. The number of fused-ring (bicyclic) bond motifs is 3. The molecule has 0 bridgehead atoms. The van der Waals surface area contributed by atoms with Crippen LogP contribution in [0.5, 0.6) is 5.75 Å². The summed E-state index contributed by atoms with van der Waals surface area (Å²) in [7, 11) is 0. The Hall–Kier alpha value is -3.46. The predicted molar refractivity (Wildman–Crippen MR) is 127 cm³/mol. The number of hydrogen-bond donors (Lipinski definition) is 1. The summed E-state index contributed by atoms with van der Waals surface area (Å²) in [6.07, 6.45) is 5.95. The van der Waals surface area contributed by atoms with Crippen LogP contribution in [0.3, 0.4) is 0 Å². The SMILES string of the molecule is Cc1nc(-c2cn3c(n2)-c2ccc(-c4cnn(C(C)(C)CN)c4)cc2OCC3)n(C(C)C)n1. The highest BCUT2D eigenvalue weighted by Crippen LogP contribution is 2.37. The molecule has 1 aliphatic rings. The van der Waals surface area contributed by atoms with Gasteiger partial charge < -0.3 is 15.0 Å². The number of nitrogens with two attached hydrogens (primary N) is 1. The molecule has 2 N–H and O–H groups in total. The maximum Gasteiger partial charge on any atom is 0.178 e. The molecule has 1 aliphatic heterocycles. The highest BCUT2D eigenvalue weighted by atomic mass is 16.5. The van der Waals surface area contributed by atoms with Crippen molar-refractivity contribution < 1.29 is 4.74 Å². The molecule has 172 valence electrons. The second kappa shape index (κ2) is 7.84. The van der Waals surface area contributed by atoms with E-state index in [9.17, 15) is 0 Å². The van der Waals surface area contributed by atoms with Gasteiger partial charge in [-0.3, -0.25) is 4.68 Å². The average molecular weight is 447 g/mol. The van der Waals surface area contributed by atoms with Gasteiger partial charge in [0.05, 0.1) is 23.8 Å². The topological polar surface area (TPSA) is 102 Å². The van der Waals surface area contributed by atoms with Gasteiger partial charge in [0.2, 0.25) is 0 Å². The second-order valence-electron chi connectivity index (χ2n) is 9.41. The van der Waals surface area contributed by atoms with Gasteiger partial charge in [-0.2, -0.15) is 10.2 Å². The molecule has 0 spiro atoms. The third-order valence-corrected chi connectivity index (χ3v) is 6.08. The van der Waals surface area contributed by atoms with Crippen molar-refractivity contribution in [3.8, 4) is 39.8 Å². The average Bonchev–Trinajstić information content (AvgIpc) is 3.50. The molecule has 0 saturated carbocycles. The van der Waals surface area contributed by atoms with Crippen molar-refractivity contribution >= 4 is 0 Å². The lowest BCUT2D eigenvalue weighted by Gasteiger charge is -2.22. The van der Waals surface area contributed by atoms with E-state index < -0.39 is 0 Å². The number of aryl methyl sites for hydroxylation is 1. The van der Waals surface area contributed by atoms with Crippen LogP contribution in [0.4, 0.5) is 0 Å². The monoisotopic (exact) mass is 446 g/mol. The Morgan fingerprint density at radius 3 is 2.70 bits per heavy atom. The fraction of sp³-hybridized carbons (Fsp3) is 0.417. The quantitative estimate of drug-likeness (QED) is 0.502. The van der Waals surface area contributed by atoms with Crippen molar-refractivity contribution in [3.63, 3.8) is 0 Å². The molecule has 0 saturated heterocycles. The molecule has 0 atom stereocenters. The zero-order valence-electron chi connectivity index (χ0n) is 19.8. The van der Waals surface area contributed by atoms with E-state index in [1.54, 1.807) is 0 Å². The smallest absolute Gasteiger partial charge is 0.178 e. The van der Waals surface area contributed by atoms with Crippen molar-refractivity contribution in [1.82, 2.24) is 34.1 Å². The van der Waals surface area contributed by atoms with Gasteiger partial charge in [0.25, 0.3) is 0 Å². The van der Waals surface area contributed by atoms with E-state index in [1.807, 2.05) is 34.9 Å². The molecule has 9 heteroatoms. The first kappa shape index (κ1) is 21.4. The highest BCUT2D eigenvalue weighted by molar-refractivity contribution is 5.74. The number of imidazole rings is 1. The van der Waals surface area contributed by atoms with E-state index >= 15 is 0 Å². The maximum absolute atomic E-state index is 6.12. The summed E-state index contributed by atoms with van der Waals surface area (Å²) in [5.74, 6) is 3.22. The van der Waals surface area contributed by atoms with E-state index in [1.165, 1.54) is 0 Å². The van der Waals surface area contributed by atoms with Crippen LogP contribution < -0.4 is 10.5 Å². The first-order valence-electron chi connectivity index (χ1n) is 11.3. The van der Waals surface area contributed by atoms with Crippen LogP contribution in [0.25, 0.3) is 34.0 Å². The minimum Gasteiger partial charge on any atom is -0.491 e. The minimum absolute atomic E-state index is 0.200. The molecular weight excluding hydrogens is 416 g/mol. The summed E-state index contributed by atoms with van der Waals surface area (Å²) in [4.78, 5) is 9.59. The Balaban J connectivity index is 1.54. The summed E-state index contributed by atoms with van der Waals surface area (Å²) >= 11 is 0. The van der Waals surface area contributed by atoms with Gasteiger partial charge in [-0.15, -0.1) is 0 Å². The summed E-state index contributed by atoms with van der Waals surface area (Å²) in [6, 6.07) is 6.43. The first-order valence-corrected chi connectivity index (χ1v) is 11.3. The van der Waals surface area contributed by atoms with E-state index in [-0.39, 0.29) is 11.6 Å². The Kier molecular flexibility index (Phi) is 5.08. The molecule has 0 amide bonds. The summed E-state index contributed by atoms with van der Waals surface area (Å²) in [5.41, 5.74) is 9.52. The first-order chi connectivity index (χ1) is 15.8. The van der Waals surface area contributed by atoms with Crippen molar-refractivity contribution in [1.29, 1.82) is 0 Å². The number of nitrogens with zero attached hydrogens (tertiary/aromatic N) is 7. The van der Waals surface area contributed by atoms with Gasteiger partial charge in [0.15, 0.2) is 5.82 Å². The molecule has 4 heterocycles. The van der Waals surface area contributed by atoms with E-state index in [4.69, 9.17) is 15.5 Å². The van der Waals surface area contributed by atoms with Gasteiger partial charge in [-0.05, 0) is 52.3 Å². The zero-order valence-corrected chi connectivity index (χ0v) is 19.8. The number of aromatic nitrogens is 7. The molecule has 3 aromatic heterocycles. The van der Waals surface area contributed by atoms with Crippen molar-refractivity contribution in [2.45, 2.75) is 52.7 Å². The largest absolute Gasteiger partial charge is 0.491 e. The van der Waals surface area contributed by atoms with Gasteiger partial charge in [-0.25, -0.2) is 14.6 Å². The van der Waals surface area contributed by atoms with Crippen LogP contribution in [-0.2, 0) is 12.1 Å². The molecular formula is C24H30N8O. The Bertz CT molecular complexity index is 1310. The van der Waals surface area contributed by atoms with Crippen LogP contribution in [0.15, 0.2) is 36.8 Å². The molecule has 0 fully saturated rings. The van der Waals surface area contributed by atoms with E-state index in [0.29, 0.717) is 19.7 Å². The summed E-state index contributed by atoms with van der Waals surface area (Å²) in [5, 5.41) is 9.07. The van der Waals surface area contributed by atoms with Crippen LogP contribution in [0.2, 0.25) is 0 Å². The Morgan fingerprint density at radius 1 is 1.12 bits per heavy atom. The summed E-state index contributed by atoms with van der Waals surface area (Å²) in [6.45, 7) is 12.0. The molecule has 4 aromatic rings. The summed E-state index contributed by atoms with van der Waals surface area (Å²) < 4.78 is 12.1. The minimum atomic E-state index is -0.240. The fourth-order valence-electron chi connectivity index (χ4n) is 4.03. The van der Waals surface area contributed by atoms with Crippen LogP contribution in [-0.4, -0.2) is 47.2 Å². The molecule has 0 unspecified atom stereocenters. The van der Waals surface area contributed by atoms with E-state index in [2.05, 4.69) is 65.6 Å². The van der Waals surface area contributed by atoms with Crippen molar-refractivity contribution in [2.24, 2.45) is 5.73 Å². The van der Waals surface area contributed by atoms with Gasteiger partial charge in [0.1, 0.15) is 29.7 Å². The normalized spacial score (nSPS) is 13.5. The number of benzene rings is 1. The molecule has 33 heavy (non-hydrogen) atoms. The lowest BCUT2D eigenvalue weighted by Crippen LogP contribution is -2.35. The van der Waals surface area contributed by atoms with Gasteiger partial charge >= 0.3 is 0 Å². The van der Waals surface area contributed by atoms with Crippen LogP contribution in [0.1, 0.15) is 39.6 Å². The van der Waals surface area contributed by atoms with Crippen molar-refractivity contribution in [2.75, 3.05) is 13.2 Å². The zero-order chi connectivity index (χ0) is 23.3. The molecule has 9 nitrogen and oxygen atoms in total. The lowest BCUT2D eigenvalue weighted by atomic mass is 10.0. The molecule has 0 aliphatic carbocycles. The third-order valence-electron chi connectivity index (χ3n) is 6.08. The number of hydrogen-bond acceptors (Lipinski definition) is 6. The number of ether oxygens (including phenoxy) is 1. The third kappa shape index (κ3) is 3.72. The van der Waals surface area contributed by atoms with E-state index in [0.717, 1.165) is 45.6 Å². The van der Waals surface area contributed by atoms with Gasteiger partial charge in [0, 0.05) is 30.5 Å². The highest BCUT2D eigenvalue weighted by Gasteiger charge is 2.23. The predicted octanol–water partition coefficient (Wildman–Crippen LogP) is 3.65. The fourth-order valence-corrected chi connectivity index (χ4v) is 4.03. The molecule has 5 rings (SSSR count). The maximum atomic E-state index is 6.12. The second-order valence-corrected chi connectivity index (χ2v) is 9.41. The van der Waals surface area contributed by atoms with Crippen LogP contribution >= 0.6 is 0 Å². The number of rotatable bonds is 5. The standard InChI is InChI=1S/C24H30N8O/c1-15(2)32-23(27-16(3)29-32)20-13-30-8-9-33-21-10-17(6-7-19(21)22(30)28-20)18-11-26-31(12-18)24(4,5)14-25/h6-7,10-13,15H,8-9,14,25H2,1-5H3. The van der Waals surface area contributed by atoms with Gasteiger partial charge in [-0.1, -0.05) is 6.07 Å². The van der Waals surface area contributed by atoms with Crippen molar-refractivity contribution in [3.05, 3.63) is 42.6 Å². The molecule has 0 radical (unpaired) electrons. The lowest BCUT2D eigenvalue weighted by molar-refractivity contribution is 0.307. The Labute approximate surface area is 193 Å².